The minimum atomic E-state index is -0.935. The Hall–Kier alpha value is -1.26. The van der Waals surface area contributed by atoms with Crippen LogP contribution in [0.1, 0.15) is 114 Å². The third-order valence-corrected chi connectivity index (χ3v) is 6.48. The molecule has 0 amide bonds. The van der Waals surface area contributed by atoms with Crippen LogP contribution < -0.4 is 0 Å². The fraction of sp³-hybridized carbons (Fsp3) is 0.935. The highest BCUT2D eigenvalue weighted by molar-refractivity contribution is 5.78. The second-order valence-electron chi connectivity index (χ2n) is 13.3. The van der Waals surface area contributed by atoms with Crippen molar-refractivity contribution in [2.45, 2.75) is 143 Å². The molecule has 2 rings (SSSR count). The molecule has 0 aromatic rings. The van der Waals surface area contributed by atoms with Crippen molar-refractivity contribution in [3.05, 3.63) is 0 Å². The van der Waals surface area contributed by atoms with Crippen LogP contribution >= 0.6 is 0 Å². The summed E-state index contributed by atoms with van der Waals surface area (Å²) < 4.78 is 32.3. The molecule has 238 valence electrons. The second-order valence-corrected chi connectivity index (χ2v) is 13.3. The topological polar surface area (TPSA) is 110 Å². The predicted octanol–water partition coefficient (Wildman–Crippen LogP) is 5.83. The Morgan fingerprint density at radius 2 is 1.38 bits per heavy atom. The number of carbonyl (C=O) groups excluding carboxylic acids is 2. The molecule has 9 nitrogen and oxygen atoms in total. The van der Waals surface area contributed by atoms with E-state index in [0.29, 0.717) is 31.8 Å². The molecule has 2 saturated carbocycles. The van der Waals surface area contributed by atoms with E-state index in [-0.39, 0.29) is 38.2 Å². The first-order valence-corrected chi connectivity index (χ1v) is 14.5. The first-order chi connectivity index (χ1) is 18.0. The van der Waals surface area contributed by atoms with Gasteiger partial charge in [-0.2, -0.15) is 0 Å². The third-order valence-electron chi connectivity index (χ3n) is 6.48. The summed E-state index contributed by atoms with van der Waals surface area (Å²) in [6.07, 6.45) is 8.07. The van der Waals surface area contributed by atoms with Crippen LogP contribution in [-0.4, -0.2) is 79.8 Å². The number of aliphatic hydroxyl groups excluding tert-OH is 1. The Morgan fingerprint density at radius 3 is 1.93 bits per heavy atom. The summed E-state index contributed by atoms with van der Waals surface area (Å²) in [5, 5.41) is 9.62. The van der Waals surface area contributed by atoms with Crippen LogP contribution in [0.4, 0.5) is 0 Å². The van der Waals surface area contributed by atoms with Crippen molar-refractivity contribution in [2.24, 2.45) is 11.8 Å². The minimum Gasteiger partial charge on any atom is -0.458 e. The van der Waals surface area contributed by atoms with E-state index in [1.165, 1.54) is 0 Å². The normalized spacial score (nSPS) is 23.8. The van der Waals surface area contributed by atoms with Gasteiger partial charge in [0, 0.05) is 7.11 Å². The standard InChI is InChI=1S/C15H28O5.C15H28O4.CH4/c1-15(2,3)20-14(16)10-18-9-12-6-5-7-13(8-12)19-11-17-4;1-14(2,3)19-13(17)15(4,5)18-10-11-7-6-8-12(16)9-11;/h12-13H,5-11H2,1-4H3;11-12,16H,6-10H2,1-5H3;1H4. The van der Waals surface area contributed by atoms with Crippen LogP contribution in [0.2, 0.25) is 0 Å². The van der Waals surface area contributed by atoms with Crippen molar-refractivity contribution in [3.63, 3.8) is 0 Å². The Bertz CT molecular complexity index is 709. The molecule has 4 atom stereocenters. The van der Waals surface area contributed by atoms with Crippen LogP contribution in [0, 0.1) is 11.8 Å². The molecule has 40 heavy (non-hydrogen) atoms. The molecule has 2 aliphatic carbocycles. The van der Waals surface area contributed by atoms with Crippen LogP contribution in [0.5, 0.6) is 0 Å². The first kappa shape index (κ1) is 38.7. The summed E-state index contributed by atoms with van der Waals surface area (Å²) in [5.74, 6) is 0.148. The number of hydrogen-bond acceptors (Lipinski definition) is 9. The summed E-state index contributed by atoms with van der Waals surface area (Å²) >= 11 is 0. The quantitative estimate of drug-likeness (QED) is 0.240. The van der Waals surface area contributed by atoms with E-state index in [0.717, 1.165) is 51.4 Å². The van der Waals surface area contributed by atoms with E-state index in [1.54, 1.807) is 21.0 Å². The molecule has 9 heteroatoms. The van der Waals surface area contributed by atoms with E-state index in [9.17, 15) is 14.7 Å². The maximum Gasteiger partial charge on any atom is 0.338 e. The fourth-order valence-corrected chi connectivity index (χ4v) is 4.59. The molecule has 0 radical (unpaired) electrons. The minimum absolute atomic E-state index is 0. The van der Waals surface area contributed by atoms with Gasteiger partial charge in [-0.05, 0) is 106 Å². The Morgan fingerprint density at radius 1 is 0.800 bits per heavy atom. The number of methoxy groups -OCH3 is 1. The summed E-state index contributed by atoms with van der Waals surface area (Å²) in [7, 11) is 1.63. The SMILES string of the molecule is C.CC(C)(C)OC(=O)C(C)(C)OCC1CCCC(O)C1.COCOC1CCCC(COCC(=O)OC(C)(C)C)C1. The summed E-state index contributed by atoms with van der Waals surface area (Å²) in [6, 6.07) is 0. The second kappa shape index (κ2) is 18.3. The third kappa shape index (κ3) is 18.2. The Balaban J connectivity index is 0.000000743. The first-order valence-electron chi connectivity index (χ1n) is 14.5. The zero-order chi connectivity index (χ0) is 29.7. The van der Waals surface area contributed by atoms with Crippen molar-refractivity contribution in [1.29, 1.82) is 0 Å². The predicted molar refractivity (Wildman–Crippen MR) is 156 cm³/mol. The van der Waals surface area contributed by atoms with Crippen LogP contribution in [0.3, 0.4) is 0 Å². The number of aliphatic hydroxyl groups is 1. The summed E-state index contributed by atoms with van der Waals surface area (Å²) in [4.78, 5) is 23.5. The fourth-order valence-electron chi connectivity index (χ4n) is 4.59. The van der Waals surface area contributed by atoms with Gasteiger partial charge in [-0.25, -0.2) is 9.59 Å². The molecule has 0 bridgehead atoms. The number of ether oxygens (including phenoxy) is 6. The van der Waals surface area contributed by atoms with Gasteiger partial charge >= 0.3 is 11.9 Å². The van der Waals surface area contributed by atoms with Gasteiger partial charge in [-0.3, -0.25) is 0 Å². The number of hydrogen-bond donors (Lipinski definition) is 1. The van der Waals surface area contributed by atoms with Gasteiger partial charge in [0.05, 0.1) is 25.4 Å². The number of esters is 2. The largest absolute Gasteiger partial charge is 0.458 e. The van der Waals surface area contributed by atoms with E-state index in [1.807, 2.05) is 41.5 Å². The number of rotatable bonds is 11. The molecule has 2 aliphatic rings. The van der Waals surface area contributed by atoms with Gasteiger partial charge in [0.1, 0.15) is 24.6 Å². The maximum atomic E-state index is 12.0. The van der Waals surface area contributed by atoms with E-state index >= 15 is 0 Å². The molecule has 0 saturated heterocycles. The van der Waals surface area contributed by atoms with Gasteiger partial charge in [0.25, 0.3) is 0 Å². The lowest BCUT2D eigenvalue weighted by molar-refractivity contribution is -0.181. The highest BCUT2D eigenvalue weighted by Gasteiger charge is 2.34. The lowest BCUT2D eigenvalue weighted by atomic mass is 9.88. The average Bonchev–Trinajstić information content (AvgIpc) is 2.80. The molecule has 1 N–H and O–H groups in total. The van der Waals surface area contributed by atoms with Crippen molar-refractivity contribution in [3.8, 4) is 0 Å². The van der Waals surface area contributed by atoms with E-state index in [4.69, 9.17) is 28.4 Å². The summed E-state index contributed by atoms with van der Waals surface area (Å²) in [5.41, 5.74) is -1.89. The smallest absolute Gasteiger partial charge is 0.338 e. The number of carbonyl (C=O) groups is 2. The van der Waals surface area contributed by atoms with Crippen molar-refractivity contribution in [1.82, 2.24) is 0 Å². The highest BCUT2D eigenvalue weighted by atomic mass is 16.7. The highest BCUT2D eigenvalue weighted by Crippen LogP contribution is 2.28. The molecule has 0 aromatic heterocycles. The molecular formula is C31H60O9. The van der Waals surface area contributed by atoms with Gasteiger partial charge in [0.2, 0.25) is 0 Å². The maximum absolute atomic E-state index is 12.0. The van der Waals surface area contributed by atoms with E-state index < -0.39 is 16.8 Å². The average molecular weight is 577 g/mol. The van der Waals surface area contributed by atoms with Gasteiger partial charge in [-0.15, -0.1) is 0 Å². The van der Waals surface area contributed by atoms with Gasteiger partial charge < -0.3 is 33.5 Å². The molecule has 2 fully saturated rings. The molecule has 4 unspecified atom stereocenters. The van der Waals surface area contributed by atoms with Gasteiger partial charge in [-0.1, -0.05) is 20.3 Å². The molecule has 0 spiro atoms. The van der Waals surface area contributed by atoms with Crippen molar-refractivity contribution in [2.75, 3.05) is 33.7 Å². The lowest BCUT2D eigenvalue weighted by Gasteiger charge is -2.31. The molecular weight excluding hydrogens is 516 g/mol. The van der Waals surface area contributed by atoms with Gasteiger partial charge in [0.15, 0.2) is 5.60 Å². The van der Waals surface area contributed by atoms with E-state index in [2.05, 4.69) is 0 Å². The van der Waals surface area contributed by atoms with Crippen LogP contribution in [0.25, 0.3) is 0 Å². The lowest BCUT2D eigenvalue weighted by Crippen LogP contribution is -2.42. The molecule has 0 aliphatic heterocycles. The van der Waals surface area contributed by atoms with Crippen molar-refractivity contribution >= 4 is 11.9 Å². The van der Waals surface area contributed by atoms with Crippen LogP contribution in [-0.2, 0) is 38.0 Å². The Labute approximate surface area is 243 Å². The Kier molecular flexibility index (Phi) is 17.7. The monoisotopic (exact) mass is 576 g/mol. The zero-order valence-electron chi connectivity index (χ0n) is 26.0. The zero-order valence-corrected chi connectivity index (χ0v) is 26.0. The molecule has 0 heterocycles. The van der Waals surface area contributed by atoms with Crippen LogP contribution in [0.15, 0.2) is 0 Å². The van der Waals surface area contributed by atoms with Crippen molar-refractivity contribution < 1.29 is 43.1 Å². The summed E-state index contributed by atoms with van der Waals surface area (Å²) in [6.45, 7) is 16.0. The molecule has 0 aromatic carbocycles.